The summed E-state index contributed by atoms with van der Waals surface area (Å²) in [5.41, 5.74) is 2.01. The summed E-state index contributed by atoms with van der Waals surface area (Å²) in [7, 11) is 0. The van der Waals surface area contributed by atoms with Crippen LogP contribution in [-0.2, 0) is 0 Å². The zero-order chi connectivity index (χ0) is 15.1. The lowest BCUT2D eigenvalue weighted by molar-refractivity contribution is 0.0950. The number of hydrogen-bond acceptors (Lipinski definition) is 1. The summed E-state index contributed by atoms with van der Waals surface area (Å²) < 4.78 is 0. The normalized spacial score (nSPS) is 12.1. The van der Waals surface area contributed by atoms with Crippen molar-refractivity contribution < 1.29 is 4.79 Å². The van der Waals surface area contributed by atoms with Crippen molar-refractivity contribution in [3.63, 3.8) is 0 Å². The van der Waals surface area contributed by atoms with Crippen LogP contribution in [0.1, 0.15) is 42.1 Å². The van der Waals surface area contributed by atoms with E-state index < -0.39 is 0 Å². The molecule has 0 radical (unpaired) electrons. The maximum atomic E-state index is 12.2. The summed E-state index contributed by atoms with van der Waals surface area (Å²) in [5.74, 6) is 0.961. The third-order valence-corrected chi connectivity index (χ3v) is 3.57. The quantitative estimate of drug-likeness (QED) is 0.842. The number of amides is 1. The second kappa shape index (κ2) is 7.63. The minimum atomic E-state index is 0.000266. The Labute approximate surface area is 127 Å². The van der Waals surface area contributed by atoms with Gasteiger partial charge in [0.15, 0.2) is 0 Å². The molecule has 0 fully saturated rings. The fourth-order valence-corrected chi connectivity index (χ4v) is 2.54. The van der Waals surface area contributed by atoms with Crippen molar-refractivity contribution in [3.8, 4) is 0 Å². The number of hydrogen-bond donors (Lipinski definition) is 1. The number of nitrogens with one attached hydrogen (secondary N) is 1. The first-order chi connectivity index (χ1) is 10.2. The van der Waals surface area contributed by atoms with E-state index in [1.54, 1.807) is 0 Å². The van der Waals surface area contributed by atoms with Crippen LogP contribution < -0.4 is 5.32 Å². The van der Waals surface area contributed by atoms with Gasteiger partial charge in [-0.3, -0.25) is 4.79 Å². The Morgan fingerprint density at radius 3 is 2.10 bits per heavy atom. The molecule has 2 rings (SSSR count). The summed E-state index contributed by atoms with van der Waals surface area (Å²) in [5, 5.41) is 3.06. The number of carbonyl (C=O) groups excluding carboxylic acids is 1. The molecule has 0 bridgehead atoms. The van der Waals surface area contributed by atoms with Crippen LogP contribution in [0.15, 0.2) is 60.7 Å². The lowest BCUT2D eigenvalue weighted by Crippen LogP contribution is -2.29. The number of rotatable bonds is 6. The monoisotopic (exact) mass is 281 g/mol. The fourth-order valence-electron chi connectivity index (χ4n) is 2.54. The zero-order valence-electron chi connectivity index (χ0n) is 12.8. The summed E-state index contributed by atoms with van der Waals surface area (Å²) in [6, 6.07) is 19.8. The molecule has 1 atom stereocenters. The molecule has 0 aliphatic heterocycles. The Balaban J connectivity index is 2.01. The molecule has 0 saturated carbocycles. The molecular weight excluding hydrogens is 258 g/mol. The standard InChI is InChI=1S/C19H23NO/c1-15(2)13-18(16-9-5-3-6-10-16)14-20-19(21)17-11-7-4-8-12-17/h3-12,15,18H,13-14H2,1-2H3,(H,20,21). The molecule has 0 saturated heterocycles. The summed E-state index contributed by atoms with van der Waals surface area (Å²) in [6.45, 7) is 5.11. The predicted molar refractivity (Wildman–Crippen MR) is 87.4 cm³/mol. The van der Waals surface area contributed by atoms with E-state index in [1.165, 1.54) is 5.56 Å². The van der Waals surface area contributed by atoms with Crippen LogP contribution in [0.2, 0.25) is 0 Å². The minimum absolute atomic E-state index is 0.000266. The average Bonchev–Trinajstić information content (AvgIpc) is 2.52. The first-order valence-electron chi connectivity index (χ1n) is 7.55. The molecule has 0 spiro atoms. The van der Waals surface area contributed by atoms with Gasteiger partial charge in [-0.05, 0) is 30.0 Å². The van der Waals surface area contributed by atoms with Crippen molar-refractivity contribution in [1.29, 1.82) is 0 Å². The van der Waals surface area contributed by atoms with Crippen molar-refractivity contribution in [3.05, 3.63) is 71.8 Å². The highest BCUT2D eigenvalue weighted by molar-refractivity contribution is 5.94. The van der Waals surface area contributed by atoms with E-state index in [4.69, 9.17) is 0 Å². The van der Waals surface area contributed by atoms with Crippen molar-refractivity contribution in [2.45, 2.75) is 26.2 Å². The Morgan fingerprint density at radius 2 is 1.52 bits per heavy atom. The molecule has 2 aromatic carbocycles. The fraction of sp³-hybridized carbons (Fsp3) is 0.316. The van der Waals surface area contributed by atoms with Crippen LogP contribution in [0.3, 0.4) is 0 Å². The van der Waals surface area contributed by atoms with Gasteiger partial charge in [-0.25, -0.2) is 0 Å². The van der Waals surface area contributed by atoms with Crippen LogP contribution in [0.25, 0.3) is 0 Å². The third kappa shape index (κ3) is 4.75. The smallest absolute Gasteiger partial charge is 0.251 e. The van der Waals surface area contributed by atoms with Crippen molar-refractivity contribution in [2.24, 2.45) is 5.92 Å². The van der Waals surface area contributed by atoms with Gasteiger partial charge >= 0.3 is 0 Å². The van der Waals surface area contributed by atoms with Gasteiger partial charge < -0.3 is 5.32 Å². The van der Waals surface area contributed by atoms with Gasteiger partial charge in [-0.15, -0.1) is 0 Å². The molecule has 0 aliphatic rings. The van der Waals surface area contributed by atoms with Crippen LogP contribution in [0, 0.1) is 5.92 Å². The van der Waals surface area contributed by atoms with Gasteiger partial charge in [0.1, 0.15) is 0 Å². The molecule has 110 valence electrons. The Bertz CT molecular complexity index is 548. The van der Waals surface area contributed by atoms with Gasteiger partial charge in [0.05, 0.1) is 0 Å². The molecule has 1 N–H and O–H groups in total. The molecular formula is C19H23NO. The van der Waals surface area contributed by atoms with E-state index in [0.717, 1.165) is 6.42 Å². The first kappa shape index (κ1) is 15.3. The molecule has 21 heavy (non-hydrogen) atoms. The second-order valence-corrected chi connectivity index (χ2v) is 5.81. The Morgan fingerprint density at radius 1 is 0.952 bits per heavy atom. The second-order valence-electron chi connectivity index (χ2n) is 5.81. The molecule has 0 aliphatic carbocycles. The van der Waals surface area contributed by atoms with E-state index in [1.807, 2.05) is 36.4 Å². The molecule has 1 amide bonds. The highest BCUT2D eigenvalue weighted by Crippen LogP contribution is 2.23. The van der Waals surface area contributed by atoms with E-state index in [-0.39, 0.29) is 5.91 Å². The maximum Gasteiger partial charge on any atom is 0.251 e. The lowest BCUT2D eigenvalue weighted by atomic mass is 9.90. The summed E-state index contributed by atoms with van der Waals surface area (Å²) in [6.07, 6.45) is 1.07. The van der Waals surface area contributed by atoms with Gasteiger partial charge in [-0.1, -0.05) is 62.4 Å². The maximum absolute atomic E-state index is 12.2. The van der Waals surface area contributed by atoms with Crippen LogP contribution in [0.4, 0.5) is 0 Å². The van der Waals surface area contributed by atoms with Gasteiger partial charge in [0, 0.05) is 18.0 Å². The van der Waals surface area contributed by atoms with Crippen molar-refractivity contribution in [1.82, 2.24) is 5.32 Å². The largest absolute Gasteiger partial charge is 0.351 e. The molecule has 2 heteroatoms. The van der Waals surface area contributed by atoms with Crippen LogP contribution >= 0.6 is 0 Å². The average molecular weight is 281 g/mol. The first-order valence-corrected chi connectivity index (χ1v) is 7.55. The predicted octanol–water partition coefficient (Wildman–Crippen LogP) is 4.25. The van der Waals surface area contributed by atoms with E-state index in [9.17, 15) is 4.79 Å². The van der Waals surface area contributed by atoms with E-state index in [2.05, 4.69) is 43.4 Å². The van der Waals surface area contributed by atoms with Crippen LogP contribution in [-0.4, -0.2) is 12.5 Å². The van der Waals surface area contributed by atoms with Crippen molar-refractivity contribution >= 4 is 5.91 Å². The highest BCUT2D eigenvalue weighted by Gasteiger charge is 2.15. The minimum Gasteiger partial charge on any atom is -0.351 e. The third-order valence-electron chi connectivity index (χ3n) is 3.57. The molecule has 0 aromatic heterocycles. The van der Waals surface area contributed by atoms with Crippen LogP contribution in [0.5, 0.6) is 0 Å². The molecule has 2 nitrogen and oxygen atoms in total. The number of carbonyl (C=O) groups is 1. The molecule has 0 heterocycles. The van der Waals surface area contributed by atoms with Gasteiger partial charge in [0.25, 0.3) is 5.91 Å². The summed E-state index contributed by atoms with van der Waals surface area (Å²) in [4.78, 5) is 12.2. The lowest BCUT2D eigenvalue weighted by Gasteiger charge is -2.20. The van der Waals surface area contributed by atoms with E-state index >= 15 is 0 Å². The molecule has 2 aromatic rings. The zero-order valence-corrected chi connectivity index (χ0v) is 12.8. The van der Waals surface area contributed by atoms with Crippen molar-refractivity contribution in [2.75, 3.05) is 6.54 Å². The Kier molecular flexibility index (Phi) is 5.56. The topological polar surface area (TPSA) is 29.1 Å². The molecule has 1 unspecified atom stereocenters. The highest BCUT2D eigenvalue weighted by atomic mass is 16.1. The number of benzene rings is 2. The van der Waals surface area contributed by atoms with Gasteiger partial charge in [-0.2, -0.15) is 0 Å². The van der Waals surface area contributed by atoms with E-state index in [0.29, 0.717) is 23.9 Å². The van der Waals surface area contributed by atoms with Gasteiger partial charge in [0.2, 0.25) is 0 Å². The Hall–Kier alpha value is -2.09. The summed E-state index contributed by atoms with van der Waals surface area (Å²) >= 11 is 0. The SMILES string of the molecule is CC(C)CC(CNC(=O)c1ccccc1)c1ccccc1.